The Hall–Kier alpha value is -1.46. The van der Waals surface area contributed by atoms with Crippen molar-refractivity contribution in [1.82, 2.24) is 0 Å². The van der Waals surface area contributed by atoms with Crippen LogP contribution in [0.5, 0.6) is 5.75 Å². The zero-order valence-electron chi connectivity index (χ0n) is 17.1. The first kappa shape index (κ1) is 20.6. The van der Waals surface area contributed by atoms with Crippen LogP contribution in [0.25, 0.3) is 0 Å². The summed E-state index contributed by atoms with van der Waals surface area (Å²) in [6.45, 7) is 24.5. The maximum atomic E-state index is 6.07. The Morgan fingerprint density at radius 2 is 1.62 bits per heavy atom. The fourth-order valence-electron chi connectivity index (χ4n) is 2.26. The third-order valence-corrected chi connectivity index (χ3v) is 4.56. The maximum absolute atomic E-state index is 6.07. The van der Waals surface area contributed by atoms with Gasteiger partial charge in [-0.05, 0) is 22.5 Å². The number of ether oxygens (including phenoxy) is 1. The maximum Gasteiger partial charge on any atom is 0.139 e. The molecule has 0 amide bonds. The summed E-state index contributed by atoms with van der Waals surface area (Å²) in [5, 5.41) is 0. The van der Waals surface area contributed by atoms with E-state index in [1.165, 1.54) is 11.1 Å². The molecule has 0 aliphatic carbocycles. The van der Waals surface area contributed by atoms with Gasteiger partial charge in [0, 0.05) is 5.56 Å². The van der Waals surface area contributed by atoms with Crippen molar-refractivity contribution in [2.24, 2.45) is 0 Å². The number of benzene rings is 1. The van der Waals surface area contributed by atoms with Crippen LogP contribution in [0.1, 0.15) is 58.2 Å². The normalized spacial score (nSPS) is 12.4. The highest BCUT2D eigenvalue weighted by molar-refractivity contribution is 6.83. The van der Waals surface area contributed by atoms with Gasteiger partial charge in [0.2, 0.25) is 0 Å². The number of hydrogen-bond acceptors (Lipinski definition) is 1. The molecule has 1 rings (SSSR count). The zero-order chi connectivity index (χ0) is 18.8. The highest BCUT2D eigenvalue weighted by atomic mass is 28.3. The topological polar surface area (TPSA) is 9.23 Å². The molecular formula is C22H34OSi. The van der Waals surface area contributed by atoms with Crippen LogP contribution >= 0.6 is 0 Å². The molecule has 0 saturated carbocycles. The molecule has 2 heteroatoms. The van der Waals surface area contributed by atoms with Gasteiger partial charge in [0.15, 0.2) is 0 Å². The zero-order valence-corrected chi connectivity index (χ0v) is 18.1. The predicted octanol–water partition coefficient (Wildman–Crippen LogP) is 6.08. The van der Waals surface area contributed by atoms with Gasteiger partial charge in [-0.25, -0.2) is 0 Å². The van der Waals surface area contributed by atoms with E-state index in [1.54, 1.807) is 6.08 Å². The summed E-state index contributed by atoms with van der Waals surface area (Å²) in [4.78, 5) is 0. The average molecular weight is 343 g/mol. The quantitative estimate of drug-likeness (QED) is 0.368. The number of rotatable bonds is 3. The molecule has 0 aromatic heterocycles. The van der Waals surface area contributed by atoms with Gasteiger partial charge in [0.1, 0.15) is 20.4 Å². The van der Waals surface area contributed by atoms with Gasteiger partial charge >= 0.3 is 0 Å². The molecule has 24 heavy (non-hydrogen) atoms. The summed E-state index contributed by atoms with van der Waals surface area (Å²) in [6, 6.07) is 4.50. The van der Waals surface area contributed by atoms with Gasteiger partial charge in [0.05, 0.1) is 5.56 Å². The van der Waals surface area contributed by atoms with E-state index in [4.69, 9.17) is 4.74 Å². The van der Waals surface area contributed by atoms with Crippen LogP contribution in [0.3, 0.4) is 0 Å². The molecule has 132 valence electrons. The summed E-state index contributed by atoms with van der Waals surface area (Å²) < 4.78 is 6.07. The predicted molar refractivity (Wildman–Crippen MR) is 110 cm³/mol. The Morgan fingerprint density at radius 3 is 2.04 bits per heavy atom. The van der Waals surface area contributed by atoms with E-state index in [2.05, 4.69) is 91.4 Å². The van der Waals surface area contributed by atoms with Crippen molar-refractivity contribution in [3.8, 4) is 17.2 Å². The lowest BCUT2D eigenvalue weighted by atomic mass is 9.79. The van der Waals surface area contributed by atoms with Crippen molar-refractivity contribution >= 4 is 8.07 Å². The SMILES string of the molecule is C=CCOc1c(C#C[Si](C)(C)C)cc(C(C)(C)C)cc1C(C)(C)C. The van der Waals surface area contributed by atoms with E-state index in [1.807, 2.05) is 0 Å². The molecule has 0 N–H and O–H groups in total. The molecule has 0 atom stereocenters. The Bertz CT molecular complexity index is 653. The van der Waals surface area contributed by atoms with Crippen LogP contribution in [-0.2, 0) is 10.8 Å². The molecule has 1 aromatic rings. The summed E-state index contributed by atoms with van der Waals surface area (Å²) >= 11 is 0. The molecule has 0 bridgehead atoms. The highest BCUT2D eigenvalue weighted by Crippen LogP contribution is 2.38. The second kappa shape index (κ2) is 7.19. The molecule has 1 nitrogen and oxygen atoms in total. The van der Waals surface area contributed by atoms with E-state index in [-0.39, 0.29) is 10.8 Å². The van der Waals surface area contributed by atoms with Gasteiger partial charge in [-0.3, -0.25) is 0 Å². The molecular weight excluding hydrogens is 308 g/mol. The largest absolute Gasteiger partial charge is 0.488 e. The number of hydrogen-bond donors (Lipinski definition) is 0. The summed E-state index contributed by atoms with van der Waals surface area (Å²) in [5.74, 6) is 4.36. The first-order chi connectivity index (χ1) is 10.8. The lowest BCUT2D eigenvalue weighted by Gasteiger charge is -2.28. The van der Waals surface area contributed by atoms with E-state index in [9.17, 15) is 0 Å². The average Bonchev–Trinajstić information content (AvgIpc) is 2.39. The van der Waals surface area contributed by atoms with E-state index >= 15 is 0 Å². The minimum atomic E-state index is -1.46. The first-order valence-electron chi connectivity index (χ1n) is 8.71. The van der Waals surface area contributed by atoms with Crippen LogP contribution in [0.15, 0.2) is 24.8 Å². The molecule has 0 radical (unpaired) electrons. The monoisotopic (exact) mass is 342 g/mol. The van der Waals surface area contributed by atoms with Crippen LogP contribution in [0.2, 0.25) is 19.6 Å². The van der Waals surface area contributed by atoms with E-state index in [0.717, 1.165) is 11.3 Å². The van der Waals surface area contributed by atoms with E-state index < -0.39 is 8.07 Å². The fraction of sp³-hybridized carbons (Fsp3) is 0.545. The third-order valence-electron chi connectivity index (χ3n) is 3.68. The Labute approximate surface area is 150 Å². The van der Waals surface area contributed by atoms with Crippen molar-refractivity contribution in [3.05, 3.63) is 41.5 Å². The lowest BCUT2D eigenvalue weighted by Crippen LogP contribution is -2.19. The molecule has 1 aromatic carbocycles. The van der Waals surface area contributed by atoms with E-state index in [0.29, 0.717) is 6.61 Å². The highest BCUT2D eigenvalue weighted by Gasteiger charge is 2.25. The van der Waals surface area contributed by atoms with Gasteiger partial charge < -0.3 is 4.74 Å². The smallest absolute Gasteiger partial charge is 0.139 e. The van der Waals surface area contributed by atoms with Crippen molar-refractivity contribution in [3.63, 3.8) is 0 Å². The minimum Gasteiger partial charge on any atom is -0.488 e. The van der Waals surface area contributed by atoms with Crippen LogP contribution in [0.4, 0.5) is 0 Å². The Kier molecular flexibility index (Phi) is 6.17. The minimum absolute atomic E-state index is 0.00659. The first-order valence-corrected chi connectivity index (χ1v) is 12.2. The van der Waals surface area contributed by atoms with Crippen molar-refractivity contribution in [2.45, 2.75) is 72.0 Å². The summed E-state index contributed by atoms with van der Waals surface area (Å²) in [6.07, 6.45) is 1.79. The van der Waals surface area contributed by atoms with Crippen molar-refractivity contribution in [1.29, 1.82) is 0 Å². The second-order valence-electron chi connectivity index (χ2n) is 9.50. The van der Waals surface area contributed by atoms with Gasteiger partial charge in [-0.2, -0.15) is 0 Å². The lowest BCUT2D eigenvalue weighted by molar-refractivity contribution is 0.349. The third kappa shape index (κ3) is 5.87. The van der Waals surface area contributed by atoms with Gasteiger partial charge in [-0.15, -0.1) is 5.54 Å². The van der Waals surface area contributed by atoms with Gasteiger partial charge in [-0.1, -0.05) is 85.8 Å². The molecule has 0 unspecified atom stereocenters. The van der Waals surface area contributed by atoms with Crippen molar-refractivity contribution in [2.75, 3.05) is 6.61 Å². The standard InChI is InChI=1S/C22H34OSi/c1-11-13-23-20-17(12-14-24(8,9)10)15-18(21(2,3)4)16-19(20)22(5,6)7/h11,15-16H,1,13H2,2-10H3. The van der Waals surface area contributed by atoms with Crippen molar-refractivity contribution < 1.29 is 4.74 Å². The molecule has 0 heterocycles. The molecule has 0 saturated heterocycles. The van der Waals surface area contributed by atoms with Crippen LogP contribution in [-0.4, -0.2) is 14.7 Å². The molecule has 0 fully saturated rings. The Balaban J connectivity index is 3.72. The molecule has 0 aliphatic rings. The van der Waals surface area contributed by atoms with Crippen LogP contribution in [0, 0.1) is 11.5 Å². The Morgan fingerprint density at radius 1 is 1.04 bits per heavy atom. The molecule has 0 aliphatic heterocycles. The molecule has 0 spiro atoms. The summed E-state index contributed by atoms with van der Waals surface area (Å²) in [5.41, 5.74) is 7.10. The van der Waals surface area contributed by atoms with Gasteiger partial charge in [0.25, 0.3) is 0 Å². The fourth-order valence-corrected chi connectivity index (χ4v) is 2.77. The summed E-state index contributed by atoms with van der Waals surface area (Å²) in [7, 11) is -1.46. The van der Waals surface area contributed by atoms with Crippen LogP contribution < -0.4 is 4.74 Å². The second-order valence-corrected chi connectivity index (χ2v) is 14.3.